The molecular weight excluding hydrogens is 372 g/mol. The molecule has 0 saturated carbocycles. The standard InChI is InChI=1S/C13H12N4O6S2/c14-13-15-6(4-25-13)16(7(20)2-19)9-10(21)17-8(12(22)23)5(1-18)3-24-11(9)17/h2,4,9,11,18H,1,3H2,(H2,14,15)(H,22,23)/t9-,11+/m1/s1. The smallest absolute Gasteiger partial charge is 0.352 e. The zero-order chi connectivity index (χ0) is 18.3. The highest BCUT2D eigenvalue weighted by molar-refractivity contribution is 8.00. The normalized spacial score (nSPS) is 22.3. The van der Waals surface area contributed by atoms with Crippen molar-refractivity contribution in [1.82, 2.24) is 9.88 Å². The number of thioether (sulfide) groups is 1. The summed E-state index contributed by atoms with van der Waals surface area (Å²) in [4.78, 5) is 53.0. The number of hydrogen-bond acceptors (Lipinski definition) is 9. The number of carbonyl (C=O) groups is 4. The lowest BCUT2D eigenvalue weighted by molar-refractivity contribution is -0.149. The van der Waals surface area contributed by atoms with Crippen LogP contribution < -0.4 is 10.6 Å². The van der Waals surface area contributed by atoms with Gasteiger partial charge in [-0.05, 0) is 5.57 Å². The summed E-state index contributed by atoms with van der Waals surface area (Å²) >= 11 is 2.24. The average molecular weight is 384 g/mol. The fraction of sp³-hybridized carbons (Fsp3) is 0.308. The van der Waals surface area contributed by atoms with E-state index < -0.39 is 35.8 Å². The number of nitrogens with zero attached hydrogens (tertiary/aromatic N) is 3. The van der Waals surface area contributed by atoms with Crippen molar-refractivity contribution in [2.75, 3.05) is 23.0 Å². The van der Waals surface area contributed by atoms with Crippen molar-refractivity contribution < 1.29 is 29.4 Å². The topological polar surface area (TPSA) is 154 Å². The molecule has 2 aliphatic heterocycles. The van der Waals surface area contributed by atoms with Crippen molar-refractivity contribution in [3.63, 3.8) is 0 Å². The quantitative estimate of drug-likeness (QED) is 0.325. The number of amides is 2. The molecule has 2 aliphatic rings. The number of carboxylic acid groups (broad SMARTS) is 1. The van der Waals surface area contributed by atoms with Crippen molar-refractivity contribution in [3.8, 4) is 0 Å². The molecule has 2 amide bonds. The van der Waals surface area contributed by atoms with Crippen LogP contribution in [0, 0.1) is 0 Å². The number of β-lactam (4-membered cyclic amide) rings is 1. The molecule has 3 rings (SSSR count). The maximum Gasteiger partial charge on any atom is 0.352 e. The first-order chi connectivity index (χ1) is 11.9. The van der Waals surface area contributed by atoms with Crippen LogP contribution in [0.25, 0.3) is 0 Å². The third-order valence-corrected chi connectivity index (χ3v) is 5.77. The van der Waals surface area contributed by atoms with E-state index >= 15 is 0 Å². The summed E-state index contributed by atoms with van der Waals surface area (Å²) in [5, 5.41) is 19.5. The second-order valence-electron chi connectivity index (χ2n) is 5.14. The number of fused-ring (bicyclic) bond motifs is 1. The van der Waals surface area contributed by atoms with Crippen LogP contribution in [0.4, 0.5) is 10.9 Å². The van der Waals surface area contributed by atoms with E-state index in [-0.39, 0.29) is 34.3 Å². The summed E-state index contributed by atoms with van der Waals surface area (Å²) < 4.78 is 0. The fourth-order valence-corrected chi connectivity index (χ4v) is 4.65. The molecule has 1 saturated heterocycles. The zero-order valence-electron chi connectivity index (χ0n) is 12.5. The van der Waals surface area contributed by atoms with Crippen LogP contribution in [-0.4, -0.2) is 67.9 Å². The number of rotatable bonds is 5. The average Bonchev–Trinajstić information content (AvgIpc) is 3.02. The Morgan fingerprint density at radius 2 is 2.24 bits per heavy atom. The number of hydrogen-bond donors (Lipinski definition) is 3. The van der Waals surface area contributed by atoms with Gasteiger partial charge in [-0.15, -0.1) is 23.1 Å². The summed E-state index contributed by atoms with van der Waals surface area (Å²) in [6.07, 6.45) is 0.0616. The molecule has 1 fully saturated rings. The summed E-state index contributed by atoms with van der Waals surface area (Å²) in [6.45, 7) is -0.491. The van der Waals surface area contributed by atoms with Crippen LogP contribution in [0.2, 0.25) is 0 Å². The van der Waals surface area contributed by atoms with Crippen molar-refractivity contribution in [1.29, 1.82) is 0 Å². The van der Waals surface area contributed by atoms with E-state index in [0.29, 0.717) is 0 Å². The van der Waals surface area contributed by atoms with E-state index in [0.717, 1.165) is 21.1 Å². The number of aliphatic hydroxyl groups is 1. The van der Waals surface area contributed by atoms with Gasteiger partial charge in [0.05, 0.1) is 6.61 Å². The first-order valence-electron chi connectivity index (χ1n) is 6.91. The SMILES string of the molecule is Nc1nc(N(C(=O)C=O)[C@@H]2C(=O)N3C(C(=O)O)=C(CO)CS[C@@H]23)cs1. The van der Waals surface area contributed by atoms with E-state index in [9.17, 15) is 29.4 Å². The molecule has 0 bridgehead atoms. The predicted octanol–water partition coefficient (Wildman–Crippen LogP) is -1.13. The second-order valence-corrected chi connectivity index (χ2v) is 7.13. The lowest BCUT2D eigenvalue weighted by Gasteiger charge is -2.51. The Morgan fingerprint density at radius 3 is 2.76 bits per heavy atom. The lowest BCUT2D eigenvalue weighted by Crippen LogP contribution is -2.72. The molecule has 25 heavy (non-hydrogen) atoms. The second kappa shape index (κ2) is 6.46. The van der Waals surface area contributed by atoms with E-state index in [4.69, 9.17) is 5.73 Å². The summed E-state index contributed by atoms with van der Waals surface area (Å²) in [5.41, 5.74) is 5.48. The molecule has 10 nitrogen and oxygen atoms in total. The van der Waals surface area contributed by atoms with Crippen molar-refractivity contribution in [2.24, 2.45) is 0 Å². The highest BCUT2D eigenvalue weighted by Gasteiger charge is 2.57. The molecule has 1 aromatic heterocycles. The number of carbonyl (C=O) groups excluding carboxylic acids is 3. The van der Waals surface area contributed by atoms with E-state index in [2.05, 4.69) is 4.98 Å². The van der Waals surface area contributed by atoms with Gasteiger partial charge in [0.2, 0.25) is 6.29 Å². The molecule has 0 spiro atoms. The molecule has 0 radical (unpaired) electrons. The van der Waals surface area contributed by atoms with E-state index in [1.807, 2.05) is 0 Å². The Morgan fingerprint density at radius 1 is 1.52 bits per heavy atom. The molecule has 2 atom stereocenters. The number of aromatic nitrogens is 1. The van der Waals surface area contributed by atoms with Gasteiger partial charge >= 0.3 is 5.97 Å². The monoisotopic (exact) mass is 384 g/mol. The highest BCUT2D eigenvalue weighted by atomic mass is 32.2. The van der Waals surface area contributed by atoms with Crippen LogP contribution in [-0.2, 0) is 19.2 Å². The number of aldehydes is 1. The van der Waals surface area contributed by atoms with Gasteiger partial charge in [0.1, 0.15) is 22.9 Å². The molecular formula is C13H12N4O6S2. The van der Waals surface area contributed by atoms with Crippen molar-refractivity contribution in [2.45, 2.75) is 11.4 Å². The number of carboxylic acids is 1. The Labute approximate surface area is 148 Å². The van der Waals surface area contributed by atoms with Gasteiger partial charge in [0.25, 0.3) is 11.8 Å². The molecule has 3 heterocycles. The zero-order valence-corrected chi connectivity index (χ0v) is 14.1. The molecule has 12 heteroatoms. The Kier molecular flexibility index (Phi) is 4.49. The number of aliphatic carboxylic acids is 1. The van der Waals surface area contributed by atoms with E-state index in [1.165, 1.54) is 17.1 Å². The number of nitrogens with two attached hydrogens (primary N) is 1. The van der Waals surface area contributed by atoms with Crippen molar-refractivity contribution >= 4 is 58.1 Å². The van der Waals surface area contributed by atoms with Gasteiger partial charge < -0.3 is 15.9 Å². The molecule has 0 aliphatic carbocycles. The number of nitrogen functional groups attached to an aromatic ring is 1. The van der Waals surface area contributed by atoms with E-state index in [1.54, 1.807) is 0 Å². The highest BCUT2D eigenvalue weighted by Crippen LogP contribution is 2.43. The number of thiazole rings is 1. The van der Waals surface area contributed by atoms with Crippen molar-refractivity contribution in [3.05, 3.63) is 16.7 Å². The van der Waals surface area contributed by atoms with Gasteiger partial charge in [0, 0.05) is 11.1 Å². The first kappa shape index (κ1) is 17.4. The Hall–Kier alpha value is -2.44. The molecule has 0 aromatic carbocycles. The van der Waals surface area contributed by atoms with Gasteiger partial charge in [-0.1, -0.05) is 0 Å². The van der Waals surface area contributed by atoms with Gasteiger partial charge in [0.15, 0.2) is 5.13 Å². The maximum atomic E-state index is 12.6. The first-order valence-corrected chi connectivity index (χ1v) is 8.83. The minimum atomic E-state index is -1.34. The number of aliphatic hydroxyl groups excluding tert-OH is 1. The largest absolute Gasteiger partial charge is 0.477 e. The third-order valence-electron chi connectivity index (χ3n) is 3.79. The summed E-state index contributed by atoms with van der Waals surface area (Å²) in [6, 6.07) is -1.07. The third kappa shape index (κ3) is 2.67. The Bertz CT molecular complexity index is 806. The predicted molar refractivity (Wildman–Crippen MR) is 88.7 cm³/mol. The summed E-state index contributed by atoms with van der Waals surface area (Å²) in [7, 11) is 0. The molecule has 0 unspecified atom stereocenters. The minimum absolute atomic E-state index is 0.0616. The van der Waals surface area contributed by atoms with Gasteiger partial charge in [-0.25, -0.2) is 9.78 Å². The summed E-state index contributed by atoms with van der Waals surface area (Å²) in [5.74, 6) is -2.73. The fourth-order valence-electron chi connectivity index (χ4n) is 2.73. The van der Waals surface area contributed by atoms with Crippen LogP contribution in [0.1, 0.15) is 0 Å². The Balaban J connectivity index is 1.98. The van der Waals surface area contributed by atoms with Gasteiger partial charge in [-0.2, -0.15) is 0 Å². The van der Waals surface area contributed by atoms with Gasteiger partial charge in [-0.3, -0.25) is 24.2 Å². The van der Waals surface area contributed by atoms with Crippen LogP contribution >= 0.6 is 23.1 Å². The lowest BCUT2D eigenvalue weighted by atomic mass is 10.0. The number of anilines is 2. The van der Waals surface area contributed by atoms with Crippen LogP contribution in [0.3, 0.4) is 0 Å². The molecule has 1 aromatic rings. The maximum absolute atomic E-state index is 12.6. The molecule has 4 N–H and O–H groups in total. The van der Waals surface area contributed by atoms with Crippen LogP contribution in [0.15, 0.2) is 16.7 Å². The minimum Gasteiger partial charge on any atom is -0.477 e. The molecule has 132 valence electrons. The van der Waals surface area contributed by atoms with Crippen LogP contribution in [0.5, 0.6) is 0 Å².